The molecule has 2 aliphatic rings. The summed E-state index contributed by atoms with van der Waals surface area (Å²) in [5.74, 6) is 0.777. The Morgan fingerprint density at radius 3 is 2.54 bits per heavy atom. The lowest BCUT2D eigenvalue weighted by atomic mass is 9.98. The molecule has 2 saturated heterocycles. The molecule has 2 heterocycles. The van der Waals surface area contributed by atoms with Crippen LogP contribution in [0.15, 0.2) is 22.7 Å². The zero-order valence-corrected chi connectivity index (χ0v) is 16.8. The highest BCUT2D eigenvalue weighted by molar-refractivity contribution is 9.10. The first-order chi connectivity index (χ1) is 10.9. The van der Waals surface area contributed by atoms with Crippen molar-refractivity contribution < 1.29 is 9.53 Å². The summed E-state index contributed by atoms with van der Waals surface area (Å²) in [6.07, 6.45) is 4.11. The Kier molecular flexibility index (Phi) is 6.57. The van der Waals surface area contributed by atoms with Crippen LogP contribution in [0.5, 0.6) is 5.75 Å². The largest absolute Gasteiger partial charge is 0.480 e. The van der Waals surface area contributed by atoms with Crippen LogP contribution in [0.1, 0.15) is 38.2 Å². The molecule has 0 aromatic heterocycles. The number of piperidine rings is 1. The maximum Gasteiger partial charge on any atom is 0.263 e. The molecule has 2 fully saturated rings. The molecular weight excluding hydrogens is 392 g/mol. The fourth-order valence-electron chi connectivity index (χ4n) is 3.75. The monoisotopic (exact) mass is 416 g/mol. The van der Waals surface area contributed by atoms with Gasteiger partial charge in [0.2, 0.25) is 0 Å². The minimum atomic E-state index is -0.480. The first-order valence-corrected chi connectivity index (χ1v) is 9.19. The maximum absolute atomic E-state index is 12.7. The van der Waals surface area contributed by atoms with E-state index < -0.39 is 6.10 Å². The Balaban J connectivity index is 0.00000208. The van der Waals surface area contributed by atoms with Crippen LogP contribution < -0.4 is 10.1 Å². The molecule has 0 aliphatic carbocycles. The summed E-state index contributed by atoms with van der Waals surface area (Å²) in [4.78, 5) is 14.6. The predicted octanol–water partition coefficient (Wildman–Crippen LogP) is 3.69. The van der Waals surface area contributed by atoms with E-state index in [1.165, 1.54) is 12.8 Å². The van der Waals surface area contributed by atoms with Crippen molar-refractivity contribution in [3.05, 3.63) is 28.2 Å². The zero-order chi connectivity index (χ0) is 16.6. The smallest absolute Gasteiger partial charge is 0.263 e. The van der Waals surface area contributed by atoms with Crippen molar-refractivity contribution in [2.24, 2.45) is 0 Å². The number of nitrogens with one attached hydrogen (secondary N) is 1. The molecule has 3 atom stereocenters. The van der Waals surface area contributed by atoms with Crippen LogP contribution in [0, 0.1) is 6.92 Å². The third kappa shape index (κ3) is 4.24. The van der Waals surface area contributed by atoms with Gasteiger partial charge in [-0.05, 0) is 73.2 Å². The fourth-order valence-corrected chi connectivity index (χ4v) is 4.34. The molecule has 0 spiro atoms. The summed E-state index contributed by atoms with van der Waals surface area (Å²) in [6, 6.07) is 7.39. The van der Waals surface area contributed by atoms with Gasteiger partial charge in [-0.3, -0.25) is 4.79 Å². The van der Waals surface area contributed by atoms with Gasteiger partial charge in [-0.2, -0.15) is 0 Å². The number of carbonyl (C=O) groups is 1. The van der Waals surface area contributed by atoms with Gasteiger partial charge < -0.3 is 15.0 Å². The predicted molar refractivity (Wildman–Crippen MR) is 102 cm³/mol. The van der Waals surface area contributed by atoms with Crippen molar-refractivity contribution in [3.8, 4) is 5.75 Å². The number of hydrogen-bond donors (Lipinski definition) is 1. The second-order valence-electron chi connectivity index (χ2n) is 6.91. The third-order valence-corrected chi connectivity index (χ3v) is 5.70. The number of likely N-dealkylation sites (N-methyl/N-ethyl adjacent to an activating group) is 1. The summed E-state index contributed by atoms with van der Waals surface area (Å²) in [5.41, 5.74) is 1.16. The molecule has 24 heavy (non-hydrogen) atoms. The van der Waals surface area contributed by atoms with Gasteiger partial charge in [0.25, 0.3) is 5.91 Å². The normalized spacial score (nSPS) is 26.4. The number of hydrogen-bond acceptors (Lipinski definition) is 3. The molecule has 1 N–H and O–H groups in total. The minimum Gasteiger partial charge on any atom is -0.480 e. The van der Waals surface area contributed by atoms with E-state index in [-0.39, 0.29) is 18.3 Å². The van der Waals surface area contributed by atoms with E-state index in [0.717, 1.165) is 28.6 Å². The van der Waals surface area contributed by atoms with Gasteiger partial charge in [-0.1, -0.05) is 6.07 Å². The summed E-state index contributed by atoms with van der Waals surface area (Å²) >= 11 is 3.50. The number of halogens is 2. The molecule has 3 rings (SSSR count). The summed E-state index contributed by atoms with van der Waals surface area (Å²) < 4.78 is 6.78. The third-order valence-electron chi connectivity index (χ3n) is 5.08. The van der Waals surface area contributed by atoms with E-state index >= 15 is 0 Å². The molecule has 3 unspecified atom stereocenters. The summed E-state index contributed by atoms with van der Waals surface area (Å²) in [6.45, 7) is 3.86. The number of nitrogens with zero attached hydrogens (tertiary/aromatic N) is 1. The SMILES string of the molecule is Cc1ccc(OC(C)C(=O)N(C)C2CC3CCC(C2)N3)c(Br)c1.Cl. The van der Waals surface area contributed by atoms with Crippen molar-refractivity contribution in [2.75, 3.05) is 7.05 Å². The summed E-state index contributed by atoms with van der Waals surface area (Å²) in [5, 5.41) is 3.62. The number of rotatable bonds is 4. The number of benzene rings is 1. The highest BCUT2D eigenvalue weighted by Gasteiger charge is 2.37. The van der Waals surface area contributed by atoms with Gasteiger partial charge in [0.15, 0.2) is 6.10 Å². The van der Waals surface area contributed by atoms with Crippen molar-refractivity contribution in [1.29, 1.82) is 0 Å². The lowest BCUT2D eigenvalue weighted by Gasteiger charge is -2.36. The average molecular weight is 418 g/mol. The lowest BCUT2D eigenvalue weighted by Crippen LogP contribution is -2.51. The standard InChI is InChI=1S/C18H25BrN2O2.ClH/c1-11-4-7-17(16(19)8-11)23-12(2)18(22)21(3)15-9-13-5-6-14(10-15)20-13;/h4,7-8,12-15,20H,5-6,9-10H2,1-3H3;1H. The van der Waals surface area contributed by atoms with Crippen molar-refractivity contribution >= 4 is 34.2 Å². The van der Waals surface area contributed by atoms with E-state index in [1.54, 1.807) is 0 Å². The number of amides is 1. The number of fused-ring (bicyclic) bond motifs is 2. The Morgan fingerprint density at radius 1 is 1.33 bits per heavy atom. The van der Waals surface area contributed by atoms with E-state index in [4.69, 9.17) is 4.74 Å². The van der Waals surface area contributed by atoms with Gasteiger partial charge in [-0.15, -0.1) is 12.4 Å². The van der Waals surface area contributed by atoms with Crippen LogP contribution in [0.25, 0.3) is 0 Å². The highest BCUT2D eigenvalue weighted by atomic mass is 79.9. The zero-order valence-electron chi connectivity index (χ0n) is 14.4. The van der Waals surface area contributed by atoms with Gasteiger partial charge in [-0.25, -0.2) is 0 Å². The van der Waals surface area contributed by atoms with E-state index in [2.05, 4.69) is 21.2 Å². The molecule has 1 aromatic carbocycles. The molecule has 4 nitrogen and oxygen atoms in total. The first-order valence-electron chi connectivity index (χ1n) is 8.39. The molecule has 2 bridgehead atoms. The quantitative estimate of drug-likeness (QED) is 0.812. The van der Waals surface area contributed by atoms with Gasteiger partial charge in [0.1, 0.15) is 5.75 Å². The van der Waals surface area contributed by atoms with Crippen LogP contribution >= 0.6 is 28.3 Å². The maximum atomic E-state index is 12.7. The van der Waals surface area contributed by atoms with E-state index in [9.17, 15) is 4.79 Å². The fraction of sp³-hybridized carbons (Fsp3) is 0.611. The second kappa shape index (κ2) is 8.07. The van der Waals surface area contributed by atoms with Crippen LogP contribution in [-0.2, 0) is 4.79 Å². The molecule has 0 saturated carbocycles. The average Bonchev–Trinajstić information content (AvgIpc) is 2.86. The Morgan fingerprint density at radius 2 is 1.96 bits per heavy atom. The van der Waals surface area contributed by atoms with Gasteiger partial charge in [0.05, 0.1) is 4.47 Å². The molecule has 1 aromatic rings. The molecule has 1 amide bonds. The van der Waals surface area contributed by atoms with E-state index in [1.807, 2.05) is 44.0 Å². The molecule has 0 radical (unpaired) electrons. The van der Waals surface area contributed by atoms with E-state index in [0.29, 0.717) is 18.1 Å². The van der Waals surface area contributed by atoms with Crippen LogP contribution in [0.4, 0.5) is 0 Å². The Hall–Kier alpha value is -0.780. The number of ether oxygens (including phenoxy) is 1. The second-order valence-corrected chi connectivity index (χ2v) is 7.76. The van der Waals surface area contributed by atoms with Crippen molar-refractivity contribution in [1.82, 2.24) is 10.2 Å². The number of carbonyl (C=O) groups excluding carboxylic acids is 1. The lowest BCUT2D eigenvalue weighted by molar-refractivity contribution is -0.139. The first kappa shape index (κ1) is 19.5. The highest BCUT2D eigenvalue weighted by Crippen LogP contribution is 2.30. The summed E-state index contributed by atoms with van der Waals surface area (Å²) in [7, 11) is 1.92. The topological polar surface area (TPSA) is 41.6 Å². The van der Waals surface area contributed by atoms with Gasteiger partial charge >= 0.3 is 0 Å². The number of aryl methyl sites for hydroxylation is 1. The molecule has 6 heteroatoms. The Bertz CT molecular complexity index is 586. The Labute approximate surface area is 158 Å². The van der Waals surface area contributed by atoms with Crippen molar-refractivity contribution in [2.45, 2.75) is 63.8 Å². The van der Waals surface area contributed by atoms with Crippen molar-refractivity contribution in [3.63, 3.8) is 0 Å². The van der Waals surface area contributed by atoms with Gasteiger partial charge in [0, 0.05) is 25.2 Å². The molecule has 134 valence electrons. The van der Waals surface area contributed by atoms with Crippen LogP contribution in [0.3, 0.4) is 0 Å². The minimum absolute atomic E-state index is 0. The molecular formula is C18H26BrClN2O2. The van der Waals surface area contributed by atoms with Crippen LogP contribution in [0.2, 0.25) is 0 Å². The van der Waals surface area contributed by atoms with Crippen LogP contribution in [-0.4, -0.2) is 42.1 Å². The molecule has 2 aliphatic heterocycles.